The van der Waals surface area contributed by atoms with Crippen LogP contribution in [0.25, 0.3) is 22.8 Å². The minimum Gasteiger partial charge on any atom is -0.490 e. The summed E-state index contributed by atoms with van der Waals surface area (Å²) in [6, 6.07) is 14.9. The van der Waals surface area contributed by atoms with Crippen LogP contribution in [0.2, 0.25) is 0 Å². The third kappa shape index (κ3) is 4.63. The lowest BCUT2D eigenvalue weighted by molar-refractivity contribution is -0.123. The molecule has 0 bridgehead atoms. The van der Waals surface area contributed by atoms with Crippen LogP contribution in [0.3, 0.4) is 0 Å². The van der Waals surface area contributed by atoms with Crippen LogP contribution >= 0.6 is 0 Å². The Kier molecular flexibility index (Phi) is 6.04. The number of hydrogen-bond donors (Lipinski definition) is 1. The van der Waals surface area contributed by atoms with Gasteiger partial charge in [-0.3, -0.25) is 4.79 Å². The second kappa shape index (κ2) is 8.84. The number of hydrogen-bond acceptors (Lipinski definition) is 6. The van der Waals surface area contributed by atoms with Crippen LogP contribution in [-0.2, 0) is 4.79 Å². The molecule has 0 atom stereocenters. The van der Waals surface area contributed by atoms with Gasteiger partial charge < -0.3 is 19.3 Å². The molecule has 0 aliphatic heterocycles. The molecule has 1 aromatic heterocycles. The number of nitrogens with one attached hydrogen (secondary N) is 1. The summed E-state index contributed by atoms with van der Waals surface area (Å²) in [5.74, 6) is 1.71. The van der Waals surface area contributed by atoms with E-state index in [-0.39, 0.29) is 12.5 Å². The first kappa shape index (κ1) is 18.4. The molecule has 1 amide bonds. The average Bonchev–Trinajstić information content (AvgIpc) is 3.18. The summed E-state index contributed by atoms with van der Waals surface area (Å²) in [5.41, 5.74) is 1.58. The van der Waals surface area contributed by atoms with Gasteiger partial charge in [0.1, 0.15) is 0 Å². The van der Waals surface area contributed by atoms with E-state index in [4.69, 9.17) is 14.0 Å². The Bertz CT molecular complexity index is 893. The number of ether oxygens (including phenoxy) is 2. The van der Waals surface area contributed by atoms with E-state index in [1.807, 2.05) is 44.2 Å². The number of amides is 1. The smallest absolute Gasteiger partial charge is 0.258 e. The highest BCUT2D eigenvalue weighted by atomic mass is 16.5. The first-order valence-corrected chi connectivity index (χ1v) is 8.77. The molecule has 1 heterocycles. The van der Waals surface area contributed by atoms with Crippen LogP contribution in [0, 0.1) is 0 Å². The second-order valence-corrected chi connectivity index (χ2v) is 5.63. The lowest BCUT2D eigenvalue weighted by Crippen LogP contribution is -2.28. The standard InChI is InChI=1S/C20H21N3O4/c1-3-21-18(24)13-26-16-11-10-15(12-17(16)25-4-2)19-22-20(27-23-19)14-8-6-5-7-9-14/h5-12H,3-4,13H2,1-2H3,(H,21,24). The quantitative estimate of drug-likeness (QED) is 0.657. The van der Waals surface area contributed by atoms with Crippen molar-refractivity contribution in [3.63, 3.8) is 0 Å². The summed E-state index contributed by atoms with van der Waals surface area (Å²) in [4.78, 5) is 16.0. The molecule has 0 spiro atoms. The second-order valence-electron chi connectivity index (χ2n) is 5.63. The molecule has 0 fully saturated rings. The molecule has 0 aliphatic rings. The summed E-state index contributed by atoms with van der Waals surface area (Å²) in [5, 5.41) is 6.73. The van der Waals surface area contributed by atoms with Crippen molar-refractivity contribution in [1.82, 2.24) is 15.5 Å². The van der Waals surface area contributed by atoms with Gasteiger partial charge in [-0.1, -0.05) is 23.4 Å². The van der Waals surface area contributed by atoms with Crippen molar-refractivity contribution in [1.29, 1.82) is 0 Å². The van der Waals surface area contributed by atoms with Crippen LogP contribution in [0.4, 0.5) is 0 Å². The SMILES string of the molecule is CCNC(=O)COc1ccc(-c2noc(-c3ccccc3)n2)cc1OCC. The number of aromatic nitrogens is 2. The monoisotopic (exact) mass is 367 g/mol. The number of nitrogens with zero attached hydrogens (tertiary/aromatic N) is 2. The molecule has 1 N–H and O–H groups in total. The van der Waals surface area contributed by atoms with Gasteiger partial charge in [0, 0.05) is 17.7 Å². The average molecular weight is 367 g/mol. The molecule has 7 heteroatoms. The van der Waals surface area contributed by atoms with Crippen molar-refractivity contribution in [3.05, 3.63) is 48.5 Å². The Labute approximate surface area is 157 Å². The van der Waals surface area contributed by atoms with Crippen LogP contribution < -0.4 is 14.8 Å². The van der Waals surface area contributed by atoms with Gasteiger partial charge in [-0.2, -0.15) is 4.98 Å². The van der Waals surface area contributed by atoms with E-state index in [9.17, 15) is 4.79 Å². The van der Waals surface area contributed by atoms with E-state index in [0.29, 0.717) is 36.4 Å². The predicted octanol–water partition coefficient (Wildman–Crippen LogP) is 3.32. The van der Waals surface area contributed by atoms with Crippen molar-refractivity contribution in [2.75, 3.05) is 19.8 Å². The maximum absolute atomic E-state index is 11.6. The lowest BCUT2D eigenvalue weighted by Gasteiger charge is -2.12. The van der Waals surface area contributed by atoms with Gasteiger partial charge in [-0.25, -0.2) is 0 Å². The minimum atomic E-state index is -0.185. The molecule has 0 saturated heterocycles. The van der Waals surface area contributed by atoms with Gasteiger partial charge in [0.05, 0.1) is 6.61 Å². The Morgan fingerprint density at radius 3 is 2.59 bits per heavy atom. The van der Waals surface area contributed by atoms with Gasteiger partial charge in [0.25, 0.3) is 11.8 Å². The van der Waals surface area contributed by atoms with Crippen LogP contribution in [0.15, 0.2) is 53.1 Å². The van der Waals surface area contributed by atoms with Gasteiger partial charge in [0.15, 0.2) is 18.1 Å². The van der Waals surface area contributed by atoms with Crippen LogP contribution in [-0.4, -0.2) is 35.8 Å². The van der Waals surface area contributed by atoms with E-state index >= 15 is 0 Å². The number of rotatable bonds is 8. The molecule has 140 valence electrons. The lowest BCUT2D eigenvalue weighted by atomic mass is 10.2. The highest BCUT2D eigenvalue weighted by Crippen LogP contribution is 2.32. The Morgan fingerprint density at radius 2 is 1.85 bits per heavy atom. The van der Waals surface area contributed by atoms with Crippen LogP contribution in [0.1, 0.15) is 13.8 Å². The zero-order valence-electron chi connectivity index (χ0n) is 15.3. The highest BCUT2D eigenvalue weighted by molar-refractivity contribution is 5.77. The molecule has 0 radical (unpaired) electrons. The van der Waals surface area contributed by atoms with E-state index < -0.39 is 0 Å². The molecule has 3 rings (SSSR count). The number of likely N-dealkylation sites (N-methyl/N-ethyl adjacent to an activating group) is 1. The maximum atomic E-state index is 11.6. The highest BCUT2D eigenvalue weighted by Gasteiger charge is 2.14. The van der Waals surface area contributed by atoms with Gasteiger partial charge in [0.2, 0.25) is 5.82 Å². The number of carbonyl (C=O) groups excluding carboxylic acids is 1. The molecule has 27 heavy (non-hydrogen) atoms. The summed E-state index contributed by atoms with van der Waals surface area (Å²) < 4.78 is 16.6. The Morgan fingerprint density at radius 1 is 1.04 bits per heavy atom. The predicted molar refractivity (Wildman–Crippen MR) is 101 cm³/mol. The van der Waals surface area contributed by atoms with Gasteiger partial charge in [-0.15, -0.1) is 0 Å². The molecule has 7 nitrogen and oxygen atoms in total. The fraction of sp³-hybridized carbons (Fsp3) is 0.250. The van der Waals surface area contributed by atoms with Crippen molar-refractivity contribution in [3.8, 4) is 34.3 Å². The summed E-state index contributed by atoms with van der Waals surface area (Å²) in [7, 11) is 0. The normalized spacial score (nSPS) is 10.4. The number of carbonyl (C=O) groups is 1. The van der Waals surface area contributed by atoms with E-state index in [0.717, 1.165) is 11.1 Å². The minimum absolute atomic E-state index is 0.0758. The maximum Gasteiger partial charge on any atom is 0.258 e. The van der Waals surface area contributed by atoms with Crippen LogP contribution in [0.5, 0.6) is 11.5 Å². The summed E-state index contributed by atoms with van der Waals surface area (Å²) >= 11 is 0. The molecule has 2 aromatic carbocycles. The first-order valence-electron chi connectivity index (χ1n) is 8.77. The first-order chi connectivity index (χ1) is 13.2. The Balaban J connectivity index is 1.81. The fourth-order valence-electron chi connectivity index (χ4n) is 2.46. The molecule has 0 unspecified atom stereocenters. The van der Waals surface area contributed by atoms with Crippen molar-refractivity contribution >= 4 is 5.91 Å². The third-order valence-corrected chi connectivity index (χ3v) is 3.68. The van der Waals surface area contributed by atoms with Crippen molar-refractivity contribution in [2.24, 2.45) is 0 Å². The molecular weight excluding hydrogens is 346 g/mol. The molecule has 3 aromatic rings. The summed E-state index contributed by atoms with van der Waals surface area (Å²) in [6.45, 7) is 4.67. The molecule has 0 aliphatic carbocycles. The summed E-state index contributed by atoms with van der Waals surface area (Å²) in [6.07, 6.45) is 0. The van der Waals surface area contributed by atoms with Crippen molar-refractivity contribution < 1.29 is 18.8 Å². The van der Waals surface area contributed by atoms with E-state index in [1.165, 1.54) is 0 Å². The zero-order chi connectivity index (χ0) is 19.1. The Hall–Kier alpha value is -3.35. The molecule has 0 saturated carbocycles. The number of benzene rings is 2. The van der Waals surface area contributed by atoms with Gasteiger partial charge in [-0.05, 0) is 44.2 Å². The van der Waals surface area contributed by atoms with Gasteiger partial charge >= 0.3 is 0 Å². The van der Waals surface area contributed by atoms with E-state index in [2.05, 4.69) is 15.5 Å². The molecular formula is C20H21N3O4. The topological polar surface area (TPSA) is 86.5 Å². The fourth-order valence-corrected chi connectivity index (χ4v) is 2.46. The largest absolute Gasteiger partial charge is 0.490 e. The van der Waals surface area contributed by atoms with E-state index in [1.54, 1.807) is 18.2 Å². The third-order valence-electron chi connectivity index (χ3n) is 3.68. The van der Waals surface area contributed by atoms with Crippen molar-refractivity contribution in [2.45, 2.75) is 13.8 Å². The zero-order valence-corrected chi connectivity index (χ0v) is 15.3.